The van der Waals surface area contributed by atoms with Crippen molar-refractivity contribution < 1.29 is 19.1 Å². The average molecular weight is 525 g/mol. The van der Waals surface area contributed by atoms with Crippen molar-refractivity contribution in [3.8, 4) is 11.5 Å². The van der Waals surface area contributed by atoms with E-state index in [0.717, 1.165) is 33.4 Å². The number of allylic oxidation sites excluding steroid dienone is 4. The Bertz CT molecular complexity index is 1170. The zero-order valence-electron chi connectivity index (χ0n) is 23.8. The summed E-state index contributed by atoms with van der Waals surface area (Å²) in [5.74, 6) is 0.0922. The van der Waals surface area contributed by atoms with E-state index in [-0.39, 0.29) is 0 Å². The van der Waals surface area contributed by atoms with E-state index in [1.807, 2.05) is 0 Å². The third-order valence-electron chi connectivity index (χ3n) is 6.47. The van der Waals surface area contributed by atoms with Crippen molar-refractivity contribution >= 4 is 11.9 Å². The van der Waals surface area contributed by atoms with Crippen LogP contribution in [0.2, 0.25) is 0 Å². The standard InChI is InChI=1S/C35H40O4/c1-11-15-25-19-29(20-26(16-12-2)31(25)38-33(36)23(5)6)35(9,10)30-21-27(17-13-3)32(28(22-30)18-14-4)39-34(37)24(7)8/h11-14,19-22H,1-5,7,15-18H2,6,8-10H3. The van der Waals surface area contributed by atoms with Crippen molar-refractivity contribution in [2.24, 2.45) is 0 Å². The fourth-order valence-electron chi connectivity index (χ4n) is 4.25. The van der Waals surface area contributed by atoms with E-state index in [1.165, 1.54) is 0 Å². The summed E-state index contributed by atoms with van der Waals surface area (Å²) in [5.41, 5.74) is 5.66. The van der Waals surface area contributed by atoms with Gasteiger partial charge in [0.25, 0.3) is 0 Å². The SMILES string of the molecule is C=CCc1cc(C(C)(C)c2cc(CC=C)c(OC(=O)C(=C)C)c(CC=C)c2)cc(CC=C)c1OC(=O)C(=C)C. The van der Waals surface area contributed by atoms with Crippen molar-refractivity contribution in [2.45, 2.75) is 58.8 Å². The van der Waals surface area contributed by atoms with Gasteiger partial charge in [0.1, 0.15) is 11.5 Å². The molecule has 0 N–H and O–H groups in total. The Morgan fingerprint density at radius 3 is 1.10 bits per heavy atom. The Kier molecular flexibility index (Phi) is 10.8. The molecule has 0 bridgehead atoms. The molecule has 0 unspecified atom stereocenters. The molecule has 0 saturated carbocycles. The maximum atomic E-state index is 12.4. The summed E-state index contributed by atoms with van der Waals surface area (Å²) >= 11 is 0. The van der Waals surface area contributed by atoms with Crippen LogP contribution in [0.1, 0.15) is 61.1 Å². The van der Waals surface area contributed by atoms with Gasteiger partial charge in [-0.2, -0.15) is 0 Å². The van der Waals surface area contributed by atoms with E-state index in [9.17, 15) is 9.59 Å². The summed E-state index contributed by atoms with van der Waals surface area (Å²) in [4.78, 5) is 24.9. The molecule has 204 valence electrons. The molecule has 0 aromatic heterocycles. The zero-order valence-corrected chi connectivity index (χ0v) is 23.8. The lowest BCUT2D eigenvalue weighted by atomic mass is 9.75. The van der Waals surface area contributed by atoms with Crippen LogP contribution in [0.5, 0.6) is 11.5 Å². The van der Waals surface area contributed by atoms with Gasteiger partial charge in [-0.3, -0.25) is 0 Å². The van der Waals surface area contributed by atoms with Crippen molar-refractivity contribution in [3.63, 3.8) is 0 Å². The molecule has 0 aliphatic rings. The summed E-state index contributed by atoms with van der Waals surface area (Å²) in [6.45, 7) is 30.6. The van der Waals surface area contributed by atoms with Crippen LogP contribution in [0.4, 0.5) is 0 Å². The van der Waals surface area contributed by atoms with Gasteiger partial charge in [0, 0.05) is 16.6 Å². The highest BCUT2D eigenvalue weighted by Crippen LogP contribution is 2.40. The quantitative estimate of drug-likeness (QED) is 0.109. The largest absolute Gasteiger partial charge is 0.423 e. The molecule has 4 nitrogen and oxygen atoms in total. The summed E-state index contributed by atoms with van der Waals surface area (Å²) in [6.07, 6.45) is 9.23. The number of benzene rings is 2. The van der Waals surface area contributed by atoms with Gasteiger partial charge in [-0.15, -0.1) is 26.3 Å². The van der Waals surface area contributed by atoms with Gasteiger partial charge in [-0.25, -0.2) is 9.59 Å². The van der Waals surface area contributed by atoms with Gasteiger partial charge >= 0.3 is 11.9 Å². The number of carbonyl (C=O) groups is 2. The normalized spacial score (nSPS) is 10.8. The van der Waals surface area contributed by atoms with E-state index in [2.05, 4.69) is 77.6 Å². The first-order valence-corrected chi connectivity index (χ1v) is 12.9. The minimum atomic E-state index is -0.472. The molecule has 4 heteroatoms. The molecule has 0 amide bonds. The topological polar surface area (TPSA) is 52.6 Å². The highest BCUT2D eigenvalue weighted by Gasteiger charge is 2.29. The average Bonchev–Trinajstić information content (AvgIpc) is 2.87. The van der Waals surface area contributed by atoms with Gasteiger partial charge in [-0.1, -0.05) is 75.6 Å². The minimum Gasteiger partial charge on any atom is -0.423 e. The van der Waals surface area contributed by atoms with Gasteiger partial charge in [0.15, 0.2) is 0 Å². The molecule has 0 heterocycles. The second kappa shape index (κ2) is 13.6. The number of esters is 2. The van der Waals surface area contributed by atoms with Gasteiger partial charge in [0.05, 0.1) is 0 Å². The molecule has 0 atom stereocenters. The predicted molar refractivity (Wildman–Crippen MR) is 162 cm³/mol. The smallest absolute Gasteiger partial charge is 0.338 e. The Hall–Kier alpha value is -4.18. The first-order chi connectivity index (χ1) is 18.4. The van der Waals surface area contributed by atoms with E-state index in [0.29, 0.717) is 48.3 Å². The van der Waals surface area contributed by atoms with Crippen LogP contribution in [0, 0.1) is 0 Å². The number of hydrogen-bond acceptors (Lipinski definition) is 4. The number of carbonyl (C=O) groups excluding carboxylic acids is 2. The molecule has 2 aromatic rings. The van der Waals surface area contributed by atoms with Gasteiger partial charge < -0.3 is 9.47 Å². The van der Waals surface area contributed by atoms with Gasteiger partial charge in [0.2, 0.25) is 0 Å². The fraction of sp³-hybridized carbons (Fsp3) is 0.257. The molecule has 2 aromatic carbocycles. The molecule has 0 saturated heterocycles. The number of rotatable bonds is 14. The lowest BCUT2D eigenvalue weighted by molar-refractivity contribution is -0.131. The molecule has 0 spiro atoms. The zero-order chi connectivity index (χ0) is 29.3. The number of ether oxygens (including phenoxy) is 2. The Balaban J connectivity index is 2.80. The lowest BCUT2D eigenvalue weighted by Crippen LogP contribution is -2.22. The third kappa shape index (κ3) is 7.44. The summed E-state index contributed by atoms with van der Waals surface area (Å²) in [6, 6.07) is 8.24. The van der Waals surface area contributed by atoms with Crippen molar-refractivity contribution in [1.29, 1.82) is 0 Å². The molecule has 39 heavy (non-hydrogen) atoms. The molecule has 0 aliphatic carbocycles. The molecule has 2 rings (SSSR count). The first kappa shape index (κ1) is 31.0. The Labute approximate surface area is 233 Å². The lowest BCUT2D eigenvalue weighted by Gasteiger charge is -2.30. The third-order valence-corrected chi connectivity index (χ3v) is 6.47. The maximum absolute atomic E-state index is 12.4. The second-order valence-electron chi connectivity index (χ2n) is 10.2. The van der Waals surface area contributed by atoms with Crippen molar-refractivity contribution in [3.05, 3.63) is 133 Å². The number of hydrogen-bond donors (Lipinski definition) is 0. The van der Waals surface area contributed by atoms with Crippen LogP contribution in [0.3, 0.4) is 0 Å². The summed E-state index contributed by atoms with van der Waals surface area (Å²) < 4.78 is 11.6. The monoisotopic (exact) mass is 524 g/mol. The minimum absolute atomic E-state index is 0.324. The molecule has 0 aliphatic heterocycles. The first-order valence-electron chi connectivity index (χ1n) is 12.9. The van der Waals surface area contributed by atoms with Crippen LogP contribution < -0.4 is 9.47 Å². The van der Waals surface area contributed by atoms with Crippen LogP contribution in [-0.2, 0) is 40.7 Å². The van der Waals surface area contributed by atoms with E-state index >= 15 is 0 Å². The van der Waals surface area contributed by atoms with Crippen molar-refractivity contribution in [2.75, 3.05) is 0 Å². The summed E-state index contributed by atoms with van der Waals surface area (Å²) in [5, 5.41) is 0. The Morgan fingerprint density at radius 2 is 0.897 bits per heavy atom. The maximum Gasteiger partial charge on any atom is 0.338 e. The van der Waals surface area contributed by atoms with Gasteiger partial charge in [-0.05, 0) is 72.9 Å². The molecule has 0 fully saturated rings. The Morgan fingerprint density at radius 1 is 0.641 bits per heavy atom. The highest BCUT2D eigenvalue weighted by atomic mass is 16.5. The van der Waals surface area contributed by atoms with Crippen LogP contribution in [0.15, 0.2) is 99.2 Å². The van der Waals surface area contributed by atoms with E-state index < -0.39 is 17.4 Å². The molecular weight excluding hydrogens is 484 g/mol. The van der Waals surface area contributed by atoms with E-state index in [4.69, 9.17) is 9.47 Å². The second-order valence-corrected chi connectivity index (χ2v) is 10.2. The summed E-state index contributed by atoms with van der Waals surface area (Å²) in [7, 11) is 0. The van der Waals surface area contributed by atoms with E-state index in [1.54, 1.807) is 38.2 Å². The predicted octanol–water partition coefficient (Wildman–Crippen LogP) is 7.89. The molecule has 0 radical (unpaired) electrons. The van der Waals surface area contributed by atoms with Crippen LogP contribution in [-0.4, -0.2) is 11.9 Å². The van der Waals surface area contributed by atoms with Crippen LogP contribution in [0.25, 0.3) is 0 Å². The van der Waals surface area contributed by atoms with Crippen molar-refractivity contribution in [1.82, 2.24) is 0 Å². The molecular formula is C35H40O4. The fourth-order valence-corrected chi connectivity index (χ4v) is 4.25. The highest BCUT2D eigenvalue weighted by molar-refractivity contribution is 5.89. The van der Waals surface area contributed by atoms with Crippen LogP contribution >= 0.6 is 0 Å².